The molecule has 0 bridgehead atoms. The number of thiophene rings is 1. The third-order valence-corrected chi connectivity index (χ3v) is 7.00. The number of hydrogen-bond acceptors (Lipinski definition) is 6. The van der Waals surface area contributed by atoms with Crippen molar-refractivity contribution in [3.8, 4) is 5.75 Å². The van der Waals surface area contributed by atoms with Crippen LogP contribution in [0.25, 0.3) is 0 Å². The van der Waals surface area contributed by atoms with E-state index in [0.717, 1.165) is 22.5 Å². The Kier molecular flexibility index (Phi) is 7.02. The fourth-order valence-corrected chi connectivity index (χ4v) is 5.71. The maximum atomic E-state index is 12.5. The number of nitrogens with one attached hydrogen (secondary N) is 1. The van der Waals surface area contributed by atoms with Crippen molar-refractivity contribution in [3.05, 3.63) is 74.4 Å². The monoisotopic (exact) mass is 469 g/mol. The molecule has 0 fully saturated rings. The normalized spacial score (nSPS) is 11.7. The lowest BCUT2D eigenvalue weighted by Gasteiger charge is -2.10. The lowest BCUT2D eigenvalue weighted by atomic mass is 10.1. The second kappa shape index (κ2) is 9.49. The first-order valence-electron chi connectivity index (χ1n) is 8.40. The van der Waals surface area contributed by atoms with Crippen molar-refractivity contribution < 1.29 is 13.2 Å². The van der Waals surface area contributed by atoms with Crippen LogP contribution in [0.15, 0.2) is 64.6 Å². The summed E-state index contributed by atoms with van der Waals surface area (Å²) in [5.74, 6) is 5.68. The Labute approximate surface area is 183 Å². The van der Waals surface area contributed by atoms with E-state index in [1.54, 1.807) is 30.5 Å². The minimum Gasteiger partial charge on any atom is -0.493 e. The zero-order valence-corrected chi connectivity index (χ0v) is 18.2. The SMILES string of the molecule is N/N=C\c1ccc(CCOc2cccc(NS(=O)(=O)c3cc(Cl)sc3Cl)c2)cc1. The van der Waals surface area contributed by atoms with E-state index >= 15 is 0 Å². The van der Waals surface area contributed by atoms with Gasteiger partial charge in [0.15, 0.2) is 0 Å². The molecule has 1 heterocycles. The first-order chi connectivity index (χ1) is 13.9. The van der Waals surface area contributed by atoms with E-state index in [1.165, 1.54) is 6.07 Å². The third-order valence-electron chi connectivity index (χ3n) is 3.86. The van der Waals surface area contributed by atoms with Gasteiger partial charge in [-0.1, -0.05) is 53.5 Å². The number of benzene rings is 2. The molecule has 0 spiro atoms. The van der Waals surface area contributed by atoms with Crippen molar-refractivity contribution in [2.45, 2.75) is 11.3 Å². The Morgan fingerprint density at radius 1 is 1.14 bits per heavy atom. The second-order valence-electron chi connectivity index (χ2n) is 5.94. The number of hydrogen-bond donors (Lipinski definition) is 2. The van der Waals surface area contributed by atoms with Crippen molar-refractivity contribution in [2.75, 3.05) is 11.3 Å². The number of rotatable bonds is 8. The van der Waals surface area contributed by atoms with Gasteiger partial charge in [0.05, 0.1) is 22.8 Å². The van der Waals surface area contributed by atoms with Crippen LogP contribution < -0.4 is 15.3 Å². The summed E-state index contributed by atoms with van der Waals surface area (Å²) in [5, 5.41) is 3.48. The molecule has 3 rings (SSSR count). The highest BCUT2D eigenvalue weighted by molar-refractivity contribution is 7.93. The van der Waals surface area contributed by atoms with Gasteiger partial charge < -0.3 is 10.6 Å². The lowest BCUT2D eigenvalue weighted by molar-refractivity contribution is 0.322. The highest BCUT2D eigenvalue weighted by Crippen LogP contribution is 2.35. The topological polar surface area (TPSA) is 93.8 Å². The molecule has 29 heavy (non-hydrogen) atoms. The molecule has 3 aromatic rings. The molecule has 10 heteroatoms. The van der Waals surface area contributed by atoms with E-state index in [4.69, 9.17) is 33.8 Å². The molecule has 0 radical (unpaired) electrons. The quantitative estimate of drug-likeness (QED) is 0.282. The molecular formula is C19H17Cl2N3O3S2. The molecule has 1 aromatic heterocycles. The minimum absolute atomic E-state index is 0.0522. The largest absolute Gasteiger partial charge is 0.493 e. The van der Waals surface area contributed by atoms with Crippen LogP contribution in [0.3, 0.4) is 0 Å². The van der Waals surface area contributed by atoms with E-state index < -0.39 is 10.0 Å². The number of ether oxygens (including phenoxy) is 1. The van der Waals surface area contributed by atoms with Crippen LogP contribution in [0.5, 0.6) is 5.75 Å². The number of halogens is 2. The summed E-state index contributed by atoms with van der Waals surface area (Å²) in [4.78, 5) is -0.0522. The van der Waals surface area contributed by atoms with Gasteiger partial charge in [-0.05, 0) is 29.3 Å². The molecule has 2 aromatic carbocycles. The minimum atomic E-state index is -3.84. The zero-order valence-electron chi connectivity index (χ0n) is 15.0. The van der Waals surface area contributed by atoms with Crippen molar-refractivity contribution in [3.63, 3.8) is 0 Å². The van der Waals surface area contributed by atoms with E-state index in [-0.39, 0.29) is 9.23 Å². The first kappa shape index (κ1) is 21.4. The number of hydrazone groups is 1. The van der Waals surface area contributed by atoms with Crippen LogP contribution in [0.4, 0.5) is 5.69 Å². The average Bonchev–Trinajstić information content (AvgIpc) is 3.03. The van der Waals surface area contributed by atoms with Gasteiger partial charge in [-0.2, -0.15) is 5.10 Å². The summed E-state index contributed by atoms with van der Waals surface area (Å²) in [6.07, 6.45) is 2.27. The van der Waals surface area contributed by atoms with E-state index in [9.17, 15) is 8.42 Å². The molecule has 0 unspecified atom stereocenters. The highest BCUT2D eigenvalue weighted by atomic mass is 35.5. The molecule has 0 aliphatic carbocycles. The standard InChI is InChI=1S/C19H17Cl2N3O3S2/c20-18-11-17(19(21)28-18)29(25,26)24-15-2-1-3-16(10-15)27-9-8-13-4-6-14(7-5-13)12-23-22/h1-7,10-12,24H,8-9,22H2/b23-12-. The number of nitrogens with zero attached hydrogens (tertiary/aromatic N) is 1. The molecule has 6 nitrogen and oxygen atoms in total. The molecule has 0 saturated heterocycles. The first-order valence-corrected chi connectivity index (χ1v) is 11.5. The van der Waals surface area contributed by atoms with Crippen molar-refractivity contribution >= 4 is 56.5 Å². The van der Waals surface area contributed by atoms with Crippen LogP contribution in [-0.4, -0.2) is 21.2 Å². The van der Waals surface area contributed by atoms with Crippen LogP contribution >= 0.6 is 34.5 Å². The maximum Gasteiger partial charge on any atom is 0.264 e. The summed E-state index contributed by atoms with van der Waals surface area (Å²) in [6, 6.07) is 15.8. The fraction of sp³-hybridized carbons (Fsp3) is 0.105. The molecular weight excluding hydrogens is 453 g/mol. The summed E-state index contributed by atoms with van der Waals surface area (Å²) in [6.45, 7) is 0.437. The Morgan fingerprint density at radius 3 is 2.55 bits per heavy atom. The van der Waals surface area contributed by atoms with Crippen molar-refractivity contribution in [1.29, 1.82) is 0 Å². The Hall–Kier alpha value is -2.26. The van der Waals surface area contributed by atoms with Gasteiger partial charge in [0.25, 0.3) is 10.0 Å². The molecule has 152 valence electrons. The van der Waals surface area contributed by atoms with Gasteiger partial charge in [-0.15, -0.1) is 11.3 Å². The predicted molar refractivity (Wildman–Crippen MR) is 119 cm³/mol. The van der Waals surface area contributed by atoms with Gasteiger partial charge in [-0.3, -0.25) is 4.72 Å². The van der Waals surface area contributed by atoms with Gasteiger partial charge in [-0.25, -0.2) is 8.42 Å². The van der Waals surface area contributed by atoms with Crippen LogP contribution in [0, 0.1) is 0 Å². The molecule has 3 N–H and O–H groups in total. The predicted octanol–water partition coefficient (Wildman–Crippen LogP) is 4.77. The Morgan fingerprint density at radius 2 is 1.90 bits per heavy atom. The van der Waals surface area contributed by atoms with Crippen LogP contribution in [0.2, 0.25) is 8.67 Å². The second-order valence-corrected chi connectivity index (χ2v) is 9.88. The number of sulfonamides is 1. The van der Waals surface area contributed by atoms with E-state index in [1.807, 2.05) is 24.3 Å². The van der Waals surface area contributed by atoms with Crippen molar-refractivity contribution in [1.82, 2.24) is 0 Å². The number of anilines is 1. The molecule has 0 amide bonds. The third kappa shape index (κ3) is 5.86. The average molecular weight is 470 g/mol. The summed E-state index contributed by atoms with van der Waals surface area (Å²) in [5.41, 5.74) is 2.38. The van der Waals surface area contributed by atoms with Gasteiger partial charge in [0.1, 0.15) is 15.0 Å². The van der Waals surface area contributed by atoms with Crippen LogP contribution in [0.1, 0.15) is 11.1 Å². The molecule has 0 saturated carbocycles. The summed E-state index contributed by atoms with van der Waals surface area (Å²) < 4.78 is 33.7. The molecule has 0 aliphatic rings. The molecule has 0 atom stereocenters. The van der Waals surface area contributed by atoms with E-state index in [2.05, 4.69) is 9.82 Å². The number of nitrogens with two attached hydrogens (primary N) is 1. The summed E-state index contributed by atoms with van der Waals surface area (Å²) in [7, 11) is -3.84. The van der Waals surface area contributed by atoms with Gasteiger partial charge in [0, 0.05) is 12.5 Å². The summed E-state index contributed by atoms with van der Waals surface area (Å²) >= 11 is 12.8. The Bertz CT molecular complexity index is 1110. The van der Waals surface area contributed by atoms with Gasteiger partial charge in [0.2, 0.25) is 0 Å². The zero-order chi connectivity index (χ0) is 20.9. The Balaban J connectivity index is 1.61. The van der Waals surface area contributed by atoms with E-state index in [0.29, 0.717) is 28.8 Å². The smallest absolute Gasteiger partial charge is 0.264 e. The van der Waals surface area contributed by atoms with Crippen molar-refractivity contribution in [2.24, 2.45) is 10.9 Å². The maximum absolute atomic E-state index is 12.5. The fourth-order valence-electron chi connectivity index (χ4n) is 2.51. The molecule has 0 aliphatic heterocycles. The lowest BCUT2D eigenvalue weighted by Crippen LogP contribution is -2.12. The highest BCUT2D eigenvalue weighted by Gasteiger charge is 2.21. The van der Waals surface area contributed by atoms with Crippen LogP contribution in [-0.2, 0) is 16.4 Å². The van der Waals surface area contributed by atoms with Gasteiger partial charge >= 0.3 is 0 Å².